The second kappa shape index (κ2) is 17.5. The lowest BCUT2D eigenvalue weighted by molar-refractivity contribution is -0.138. The molecule has 4 heterocycles. The molecule has 2 aliphatic rings. The van der Waals surface area contributed by atoms with Crippen molar-refractivity contribution in [2.45, 2.75) is 58.3 Å². The van der Waals surface area contributed by atoms with Crippen LogP contribution in [0.4, 0.5) is 49.1 Å². The summed E-state index contributed by atoms with van der Waals surface area (Å²) in [6.07, 6.45) is 3.57. The number of piperidine rings is 2. The molecule has 2 N–H and O–H groups in total. The molecule has 2 saturated heterocycles. The number of hydrogen-bond acceptors (Lipinski definition) is 6. The van der Waals surface area contributed by atoms with Gasteiger partial charge in [0.2, 0.25) is 0 Å². The molecule has 2 aliphatic heterocycles. The molecular formula is C37H40F6N6OS. The maximum Gasteiger partial charge on any atom is 0.416 e. The fourth-order valence-electron chi connectivity index (χ4n) is 5.84. The number of carbonyl (C=O) groups excluding carboxylic acids is 1. The molecule has 0 spiro atoms. The van der Waals surface area contributed by atoms with Gasteiger partial charge in [0.1, 0.15) is 4.99 Å². The Morgan fingerprint density at radius 3 is 1.39 bits per heavy atom. The first-order valence-corrected chi connectivity index (χ1v) is 16.7. The maximum absolute atomic E-state index is 13.1. The zero-order chi connectivity index (χ0) is 35.7. The summed E-state index contributed by atoms with van der Waals surface area (Å²) in [6, 6.07) is 13.8. The van der Waals surface area contributed by atoms with Gasteiger partial charge in [-0.25, -0.2) is 0 Å². The van der Waals surface area contributed by atoms with Gasteiger partial charge in [0.15, 0.2) is 0 Å². The third-order valence-electron chi connectivity index (χ3n) is 8.42. The Morgan fingerprint density at radius 2 is 0.980 bits per heavy atom. The van der Waals surface area contributed by atoms with E-state index in [1.54, 1.807) is 24.5 Å². The van der Waals surface area contributed by atoms with Crippen molar-refractivity contribution in [3.05, 3.63) is 108 Å². The average molecular weight is 731 g/mol. The van der Waals surface area contributed by atoms with Gasteiger partial charge in [-0.1, -0.05) is 19.6 Å². The highest BCUT2D eigenvalue weighted by Gasteiger charge is 2.33. The molecule has 4 aromatic rings. The Morgan fingerprint density at radius 1 is 0.588 bits per heavy atom. The highest BCUT2D eigenvalue weighted by Crippen LogP contribution is 2.38. The minimum absolute atomic E-state index is 0. The van der Waals surface area contributed by atoms with Crippen LogP contribution in [0.5, 0.6) is 0 Å². The number of pyridine rings is 2. The van der Waals surface area contributed by atoms with Gasteiger partial charge >= 0.3 is 12.4 Å². The first kappa shape index (κ1) is 39.1. The second-order valence-electron chi connectivity index (χ2n) is 11.9. The van der Waals surface area contributed by atoms with Crippen LogP contribution in [0.3, 0.4) is 0 Å². The van der Waals surface area contributed by atoms with Crippen molar-refractivity contribution in [3.63, 3.8) is 0 Å². The van der Waals surface area contributed by atoms with Crippen LogP contribution >= 0.6 is 12.2 Å². The van der Waals surface area contributed by atoms with Gasteiger partial charge in [0.25, 0.3) is 5.91 Å². The number of amides is 1. The fourth-order valence-corrected chi connectivity index (χ4v) is 6.09. The predicted molar refractivity (Wildman–Crippen MR) is 193 cm³/mol. The minimum Gasteiger partial charge on any atom is -0.370 e. The summed E-state index contributed by atoms with van der Waals surface area (Å²) in [7, 11) is 0. The number of anilines is 4. The van der Waals surface area contributed by atoms with Gasteiger partial charge in [0.05, 0.1) is 33.9 Å². The highest BCUT2D eigenvalue weighted by molar-refractivity contribution is 7.81. The van der Waals surface area contributed by atoms with E-state index in [9.17, 15) is 31.1 Å². The first-order chi connectivity index (χ1) is 23.9. The summed E-state index contributed by atoms with van der Waals surface area (Å²) < 4.78 is 78.6. The number of nitrogens with one attached hydrogen (secondary N) is 2. The molecule has 7 nitrogen and oxygen atoms in total. The Hall–Kier alpha value is -4.72. The predicted octanol–water partition coefficient (Wildman–Crippen LogP) is 9.86. The number of nitrogens with zero attached hydrogens (tertiary/aromatic N) is 4. The van der Waals surface area contributed by atoms with E-state index in [1.165, 1.54) is 36.7 Å². The van der Waals surface area contributed by atoms with E-state index < -0.39 is 29.4 Å². The van der Waals surface area contributed by atoms with Crippen LogP contribution in [0.25, 0.3) is 0 Å². The van der Waals surface area contributed by atoms with Gasteiger partial charge in [-0.2, -0.15) is 26.3 Å². The van der Waals surface area contributed by atoms with Crippen LogP contribution < -0.4 is 20.4 Å². The van der Waals surface area contributed by atoms with Crippen LogP contribution in [-0.2, 0) is 12.4 Å². The first-order valence-electron chi connectivity index (χ1n) is 16.3. The Labute approximate surface area is 299 Å². The van der Waals surface area contributed by atoms with Crippen LogP contribution in [-0.4, -0.2) is 47.0 Å². The molecule has 2 aromatic carbocycles. The average Bonchev–Trinajstić information content (AvgIpc) is 3.12. The Bertz CT molecular complexity index is 1610. The van der Waals surface area contributed by atoms with Crippen LogP contribution in [0.15, 0.2) is 85.5 Å². The third-order valence-corrected chi connectivity index (χ3v) is 8.76. The van der Waals surface area contributed by atoms with E-state index in [4.69, 9.17) is 12.2 Å². The Balaban J connectivity index is 0.000000224. The molecule has 6 rings (SSSR count). The Kier molecular flexibility index (Phi) is 13.4. The van der Waals surface area contributed by atoms with E-state index in [0.717, 1.165) is 94.7 Å². The van der Waals surface area contributed by atoms with Crippen molar-refractivity contribution < 1.29 is 31.1 Å². The molecule has 14 heteroatoms. The normalized spacial score (nSPS) is 14.8. The summed E-state index contributed by atoms with van der Waals surface area (Å²) in [4.78, 5) is 24.6. The maximum atomic E-state index is 13.1. The second-order valence-corrected chi connectivity index (χ2v) is 12.3. The van der Waals surface area contributed by atoms with Crippen LogP contribution in [0, 0.1) is 0 Å². The van der Waals surface area contributed by atoms with Gasteiger partial charge in [-0.05, 0) is 99.2 Å². The number of aromatic nitrogens is 2. The molecule has 2 fully saturated rings. The zero-order valence-corrected chi connectivity index (χ0v) is 27.8. The van der Waals surface area contributed by atoms with Crippen molar-refractivity contribution in [2.24, 2.45) is 0 Å². The number of halogens is 6. The van der Waals surface area contributed by atoms with E-state index in [-0.39, 0.29) is 13.1 Å². The molecule has 0 bridgehead atoms. The van der Waals surface area contributed by atoms with Crippen molar-refractivity contribution in [1.82, 2.24) is 9.97 Å². The number of alkyl halides is 6. The van der Waals surface area contributed by atoms with E-state index in [2.05, 4.69) is 25.5 Å². The molecule has 2 aromatic heterocycles. The third kappa shape index (κ3) is 10.6. The number of thiocarbonyl (C=S) groups is 1. The summed E-state index contributed by atoms with van der Waals surface area (Å²) in [6.45, 7) is 3.21. The van der Waals surface area contributed by atoms with Gasteiger partial charge in [0, 0.05) is 62.1 Å². The monoisotopic (exact) mass is 730 g/mol. The van der Waals surface area contributed by atoms with E-state index in [1.807, 2.05) is 4.90 Å². The van der Waals surface area contributed by atoms with Crippen LogP contribution in [0.2, 0.25) is 0 Å². The lowest BCUT2D eigenvalue weighted by Crippen LogP contribution is -2.30. The van der Waals surface area contributed by atoms with Gasteiger partial charge in [-0.15, -0.1) is 0 Å². The summed E-state index contributed by atoms with van der Waals surface area (Å²) in [5.41, 5.74) is 1.53. The standard InChI is InChI=1S/C18H18F3N3O.C18H18F3N3S.CH4/c2*19-18(20,21)14-4-5-16(24-10-2-1-3-11-24)15(12-14)23-17(25)13-6-8-22-9-7-13;/h2*4-9,12H,1-3,10-11H2,(H,23,25);1H4. The molecule has 0 saturated carbocycles. The summed E-state index contributed by atoms with van der Waals surface area (Å²) >= 11 is 5.36. The SMILES string of the molecule is C.FC(F)(F)c1ccc(N2CCCCC2)c(NC(=S)c2ccncc2)c1.O=C(Nc1cc(C(F)(F)F)ccc1N1CCCCC1)c1ccncc1. The highest BCUT2D eigenvalue weighted by atomic mass is 32.1. The summed E-state index contributed by atoms with van der Waals surface area (Å²) in [5.74, 6) is -0.458. The number of benzene rings is 2. The summed E-state index contributed by atoms with van der Waals surface area (Å²) in [5, 5.41) is 5.63. The zero-order valence-electron chi connectivity index (χ0n) is 27.0. The molecule has 0 atom stereocenters. The molecule has 272 valence electrons. The molecule has 0 radical (unpaired) electrons. The molecule has 51 heavy (non-hydrogen) atoms. The van der Waals surface area contributed by atoms with E-state index >= 15 is 0 Å². The number of carbonyl (C=O) groups is 1. The molecular weight excluding hydrogens is 691 g/mol. The molecule has 0 unspecified atom stereocenters. The smallest absolute Gasteiger partial charge is 0.370 e. The fraction of sp³-hybridized carbons (Fsp3) is 0.351. The van der Waals surface area contributed by atoms with Crippen molar-refractivity contribution in [1.29, 1.82) is 0 Å². The minimum atomic E-state index is -4.46. The van der Waals surface area contributed by atoms with Gasteiger partial charge < -0.3 is 20.4 Å². The van der Waals surface area contributed by atoms with E-state index in [0.29, 0.717) is 27.5 Å². The van der Waals surface area contributed by atoms with Crippen molar-refractivity contribution in [2.75, 3.05) is 46.6 Å². The largest absolute Gasteiger partial charge is 0.416 e. The number of rotatable bonds is 6. The quantitative estimate of drug-likeness (QED) is 0.151. The topological polar surface area (TPSA) is 73.4 Å². The lowest BCUT2D eigenvalue weighted by atomic mass is 10.1. The molecule has 1 amide bonds. The van der Waals surface area contributed by atoms with Crippen molar-refractivity contribution in [3.8, 4) is 0 Å². The lowest BCUT2D eigenvalue weighted by Gasteiger charge is -2.31. The van der Waals surface area contributed by atoms with Gasteiger partial charge in [-0.3, -0.25) is 14.8 Å². The number of hydrogen-bond donors (Lipinski definition) is 2. The van der Waals surface area contributed by atoms with Crippen molar-refractivity contribution >= 4 is 45.9 Å². The molecule has 0 aliphatic carbocycles. The van der Waals surface area contributed by atoms with Crippen LogP contribution in [0.1, 0.15) is 73.0 Å².